The Balaban J connectivity index is 2.25. The van der Waals surface area contributed by atoms with Gasteiger partial charge in [-0.15, -0.1) is 0 Å². The topological polar surface area (TPSA) is 83.7 Å². The van der Waals surface area contributed by atoms with Crippen LogP contribution in [0.2, 0.25) is 0 Å². The number of nitrogens with two attached hydrogens (primary N) is 1. The van der Waals surface area contributed by atoms with E-state index >= 15 is 0 Å². The summed E-state index contributed by atoms with van der Waals surface area (Å²) >= 11 is 0. The van der Waals surface area contributed by atoms with Crippen LogP contribution in [0.4, 0.5) is 0 Å². The molecule has 1 amide bonds. The van der Waals surface area contributed by atoms with Gasteiger partial charge in [0.15, 0.2) is 0 Å². The van der Waals surface area contributed by atoms with E-state index < -0.39 is 10.0 Å². The second-order valence-corrected chi connectivity index (χ2v) is 6.98. The van der Waals surface area contributed by atoms with Gasteiger partial charge in [-0.2, -0.15) is 4.31 Å². The molecule has 1 saturated heterocycles. The summed E-state index contributed by atoms with van der Waals surface area (Å²) in [5.74, 6) is -0.0170. The lowest BCUT2D eigenvalue weighted by Crippen LogP contribution is -2.36. The van der Waals surface area contributed by atoms with Crippen molar-refractivity contribution in [3.8, 4) is 0 Å². The number of carbonyl (C=O) groups is 1. The molecule has 1 aromatic carbocycles. The molecular weight excluding hydrogens is 290 g/mol. The van der Waals surface area contributed by atoms with Crippen LogP contribution in [0, 0.1) is 0 Å². The van der Waals surface area contributed by atoms with Crippen molar-refractivity contribution >= 4 is 15.9 Å². The smallest absolute Gasteiger partial charge is 0.243 e. The summed E-state index contributed by atoms with van der Waals surface area (Å²) in [6.45, 7) is 3.46. The third-order valence-corrected chi connectivity index (χ3v) is 5.71. The molecule has 6 nitrogen and oxygen atoms in total. The summed E-state index contributed by atoms with van der Waals surface area (Å²) in [5, 5.41) is 0. The third kappa shape index (κ3) is 3.42. The maximum Gasteiger partial charge on any atom is 0.243 e. The first-order valence-corrected chi connectivity index (χ1v) is 8.44. The minimum absolute atomic E-state index is 0.0170. The summed E-state index contributed by atoms with van der Waals surface area (Å²) in [6, 6.07) is 6.80. The minimum atomic E-state index is -3.56. The molecule has 0 aromatic heterocycles. The SMILES string of the molecule is CC(=O)N1CCCN(S(=O)(=O)c2ccccc2CN)CC1. The molecule has 1 aliphatic rings. The van der Waals surface area contributed by atoms with E-state index in [0.29, 0.717) is 38.2 Å². The zero-order chi connectivity index (χ0) is 15.5. The van der Waals surface area contributed by atoms with Crippen molar-refractivity contribution in [2.45, 2.75) is 24.8 Å². The lowest BCUT2D eigenvalue weighted by molar-refractivity contribution is -0.128. The van der Waals surface area contributed by atoms with Crippen LogP contribution in [0.5, 0.6) is 0 Å². The second kappa shape index (κ2) is 6.55. The molecule has 21 heavy (non-hydrogen) atoms. The molecule has 1 aromatic rings. The molecular formula is C14H21N3O3S. The number of nitrogens with zero attached hydrogens (tertiary/aromatic N) is 2. The van der Waals surface area contributed by atoms with Crippen molar-refractivity contribution in [2.75, 3.05) is 26.2 Å². The zero-order valence-corrected chi connectivity index (χ0v) is 13.0. The van der Waals surface area contributed by atoms with E-state index in [9.17, 15) is 13.2 Å². The van der Waals surface area contributed by atoms with E-state index in [-0.39, 0.29) is 17.3 Å². The van der Waals surface area contributed by atoms with Crippen LogP contribution in [0.3, 0.4) is 0 Å². The van der Waals surface area contributed by atoms with E-state index in [1.54, 1.807) is 29.2 Å². The number of sulfonamides is 1. The predicted octanol–water partition coefficient (Wildman–Crippen LogP) is 0.388. The zero-order valence-electron chi connectivity index (χ0n) is 12.2. The van der Waals surface area contributed by atoms with E-state index in [1.807, 2.05) is 0 Å². The highest BCUT2D eigenvalue weighted by Crippen LogP contribution is 2.21. The van der Waals surface area contributed by atoms with Crippen molar-refractivity contribution in [1.29, 1.82) is 0 Å². The molecule has 0 radical (unpaired) electrons. The molecule has 2 N–H and O–H groups in total. The quantitative estimate of drug-likeness (QED) is 0.875. The van der Waals surface area contributed by atoms with Gasteiger partial charge in [-0.05, 0) is 18.1 Å². The third-order valence-electron chi connectivity index (χ3n) is 3.71. The first-order valence-electron chi connectivity index (χ1n) is 7.00. The fourth-order valence-corrected chi connectivity index (χ4v) is 4.22. The molecule has 0 atom stereocenters. The van der Waals surface area contributed by atoms with Crippen molar-refractivity contribution in [1.82, 2.24) is 9.21 Å². The van der Waals surface area contributed by atoms with Crippen LogP contribution in [0.15, 0.2) is 29.2 Å². The van der Waals surface area contributed by atoms with Gasteiger partial charge < -0.3 is 10.6 Å². The first kappa shape index (κ1) is 15.9. The maximum atomic E-state index is 12.8. The molecule has 1 fully saturated rings. The van der Waals surface area contributed by atoms with Gasteiger partial charge in [0, 0.05) is 39.6 Å². The number of amides is 1. The summed E-state index contributed by atoms with van der Waals surface area (Å²) in [6.07, 6.45) is 0.642. The van der Waals surface area contributed by atoms with E-state index in [1.165, 1.54) is 11.2 Å². The summed E-state index contributed by atoms with van der Waals surface area (Å²) < 4.78 is 27.0. The highest BCUT2D eigenvalue weighted by molar-refractivity contribution is 7.89. The Labute approximate surface area is 125 Å². The fourth-order valence-electron chi connectivity index (χ4n) is 2.51. The maximum absolute atomic E-state index is 12.8. The Kier molecular flexibility index (Phi) is 4.97. The molecule has 1 aliphatic heterocycles. The van der Waals surface area contributed by atoms with Crippen LogP contribution in [0.25, 0.3) is 0 Å². The van der Waals surface area contributed by atoms with Crippen molar-refractivity contribution in [2.24, 2.45) is 5.73 Å². The van der Waals surface area contributed by atoms with Gasteiger partial charge >= 0.3 is 0 Å². The Morgan fingerprint density at radius 3 is 2.57 bits per heavy atom. The summed E-state index contributed by atoms with van der Waals surface area (Å²) in [7, 11) is -3.56. The molecule has 0 aliphatic carbocycles. The normalized spacial score (nSPS) is 17.5. The number of benzene rings is 1. The van der Waals surface area contributed by atoms with E-state index in [0.717, 1.165) is 0 Å². The molecule has 0 saturated carbocycles. The second-order valence-electron chi connectivity index (χ2n) is 5.08. The van der Waals surface area contributed by atoms with Gasteiger partial charge in [0.1, 0.15) is 0 Å². The number of hydrogen-bond donors (Lipinski definition) is 1. The van der Waals surface area contributed by atoms with Gasteiger partial charge in [-0.25, -0.2) is 8.42 Å². The van der Waals surface area contributed by atoms with Gasteiger partial charge in [-0.1, -0.05) is 18.2 Å². The minimum Gasteiger partial charge on any atom is -0.342 e. The Morgan fingerprint density at radius 2 is 1.90 bits per heavy atom. The van der Waals surface area contributed by atoms with E-state index in [2.05, 4.69) is 0 Å². The number of rotatable bonds is 3. The molecule has 0 spiro atoms. The van der Waals surface area contributed by atoms with Crippen molar-refractivity contribution in [3.05, 3.63) is 29.8 Å². The van der Waals surface area contributed by atoms with E-state index in [4.69, 9.17) is 5.73 Å². The average Bonchev–Trinajstić information content (AvgIpc) is 2.73. The fraction of sp³-hybridized carbons (Fsp3) is 0.500. The standard InChI is InChI=1S/C14H21N3O3S/c1-12(18)16-7-4-8-17(10-9-16)21(19,20)14-6-3-2-5-13(14)11-15/h2-3,5-6H,4,7-11,15H2,1H3. The summed E-state index contributed by atoms with van der Waals surface area (Å²) in [5.41, 5.74) is 6.25. The highest BCUT2D eigenvalue weighted by Gasteiger charge is 2.28. The Hall–Kier alpha value is -1.44. The van der Waals surface area contributed by atoms with Gasteiger partial charge in [0.25, 0.3) is 0 Å². The van der Waals surface area contributed by atoms with Crippen LogP contribution >= 0.6 is 0 Å². The molecule has 2 rings (SSSR count). The van der Waals surface area contributed by atoms with Gasteiger partial charge in [0.2, 0.25) is 15.9 Å². The van der Waals surface area contributed by atoms with Crippen LogP contribution in [0.1, 0.15) is 18.9 Å². The molecule has 7 heteroatoms. The van der Waals surface area contributed by atoms with Gasteiger partial charge in [-0.3, -0.25) is 4.79 Å². The number of carbonyl (C=O) groups excluding carboxylic acids is 1. The van der Waals surface area contributed by atoms with Crippen LogP contribution in [-0.4, -0.2) is 49.7 Å². The van der Waals surface area contributed by atoms with Crippen molar-refractivity contribution in [3.63, 3.8) is 0 Å². The van der Waals surface area contributed by atoms with Crippen LogP contribution in [-0.2, 0) is 21.4 Å². The largest absolute Gasteiger partial charge is 0.342 e. The summed E-state index contributed by atoms with van der Waals surface area (Å²) in [4.78, 5) is 13.4. The molecule has 116 valence electrons. The highest BCUT2D eigenvalue weighted by atomic mass is 32.2. The molecule has 0 bridgehead atoms. The first-order chi connectivity index (χ1) is 9.96. The lowest BCUT2D eigenvalue weighted by atomic mass is 10.2. The van der Waals surface area contributed by atoms with Crippen molar-refractivity contribution < 1.29 is 13.2 Å². The predicted molar refractivity (Wildman–Crippen MR) is 80.0 cm³/mol. The average molecular weight is 311 g/mol. The van der Waals surface area contributed by atoms with Crippen LogP contribution < -0.4 is 5.73 Å². The molecule has 0 unspecified atom stereocenters. The lowest BCUT2D eigenvalue weighted by Gasteiger charge is -2.22. The van der Waals surface area contributed by atoms with Gasteiger partial charge in [0.05, 0.1) is 4.90 Å². The molecule has 1 heterocycles. The monoisotopic (exact) mass is 311 g/mol. The Morgan fingerprint density at radius 1 is 1.19 bits per heavy atom. The number of hydrogen-bond acceptors (Lipinski definition) is 4. The Bertz CT molecular complexity index is 616.